The van der Waals surface area contributed by atoms with Crippen LogP contribution in [0.15, 0.2) is 18.2 Å². The van der Waals surface area contributed by atoms with Crippen molar-refractivity contribution in [2.24, 2.45) is 0 Å². The number of carbonyl (C=O) groups is 1. The Kier molecular flexibility index (Phi) is 5.29. The minimum atomic E-state index is -1.03. The van der Waals surface area contributed by atoms with Gasteiger partial charge in [-0.1, -0.05) is 0 Å². The summed E-state index contributed by atoms with van der Waals surface area (Å²) in [5, 5.41) is 8.98. The van der Waals surface area contributed by atoms with Crippen LogP contribution in [0.5, 0.6) is 11.5 Å². The number of benzene rings is 1. The second-order valence-electron chi connectivity index (χ2n) is 3.21. The van der Waals surface area contributed by atoms with Crippen molar-refractivity contribution in [3.8, 4) is 11.5 Å². The zero-order chi connectivity index (χ0) is 12.7. The summed E-state index contributed by atoms with van der Waals surface area (Å²) in [6.07, 6.45) is 0. The van der Waals surface area contributed by atoms with Crippen LogP contribution in [0.25, 0.3) is 0 Å². The van der Waals surface area contributed by atoms with Gasteiger partial charge in [-0.2, -0.15) is 0 Å². The Bertz CT molecular complexity index is 375. The van der Waals surface area contributed by atoms with Crippen molar-refractivity contribution in [2.75, 3.05) is 26.9 Å². The Morgan fingerprint density at radius 2 is 2.12 bits per heavy atom. The maximum atomic E-state index is 11.0. The molecule has 0 fully saturated rings. The van der Waals surface area contributed by atoms with Gasteiger partial charge in [0.1, 0.15) is 23.7 Å². The first kappa shape index (κ1) is 13.3. The van der Waals surface area contributed by atoms with E-state index in [-0.39, 0.29) is 11.3 Å². The average Bonchev–Trinajstić information content (AvgIpc) is 2.34. The molecule has 1 aromatic rings. The number of methoxy groups -OCH3 is 1. The minimum absolute atomic E-state index is 0.113. The van der Waals surface area contributed by atoms with Gasteiger partial charge in [0.25, 0.3) is 0 Å². The van der Waals surface area contributed by atoms with Gasteiger partial charge in [-0.15, -0.1) is 0 Å². The van der Waals surface area contributed by atoms with Crippen LogP contribution in [-0.2, 0) is 4.74 Å². The molecule has 0 aromatic heterocycles. The lowest BCUT2D eigenvalue weighted by atomic mass is 10.2. The highest BCUT2D eigenvalue weighted by Gasteiger charge is 2.12. The number of hydrogen-bond acceptors (Lipinski definition) is 4. The first-order valence-electron chi connectivity index (χ1n) is 5.31. The first-order valence-corrected chi connectivity index (χ1v) is 5.31. The molecule has 0 amide bonds. The predicted molar refractivity (Wildman–Crippen MR) is 61.9 cm³/mol. The van der Waals surface area contributed by atoms with Crippen LogP contribution in [0.1, 0.15) is 17.3 Å². The SMILES string of the molecule is CCOCCOc1cc(OC)ccc1C(=O)O. The fourth-order valence-electron chi connectivity index (χ4n) is 1.28. The van der Waals surface area contributed by atoms with Crippen molar-refractivity contribution in [1.29, 1.82) is 0 Å². The summed E-state index contributed by atoms with van der Waals surface area (Å²) in [6, 6.07) is 4.59. The predicted octanol–water partition coefficient (Wildman–Crippen LogP) is 1.81. The molecule has 0 saturated heterocycles. The quantitative estimate of drug-likeness (QED) is 0.736. The Balaban J connectivity index is 2.75. The molecule has 0 spiro atoms. The molecule has 1 aromatic carbocycles. The van der Waals surface area contributed by atoms with Crippen LogP contribution >= 0.6 is 0 Å². The summed E-state index contributed by atoms with van der Waals surface area (Å²) in [5.74, 6) is -0.183. The molecule has 0 saturated carbocycles. The lowest BCUT2D eigenvalue weighted by Crippen LogP contribution is -2.09. The summed E-state index contributed by atoms with van der Waals surface area (Å²) in [6.45, 7) is 3.22. The number of aromatic carboxylic acids is 1. The molecule has 0 atom stereocenters. The topological polar surface area (TPSA) is 65.0 Å². The highest BCUT2D eigenvalue weighted by atomic mass is 16.5. The van der Waals surface area contributed by atoms with Gasteiger partial charge in [-0.3, -0.25) is 0 Å². The Hall–Kier alpha value is -1.75. The summed E-state index contributed by atoms with van der Waals surface area (Å²) < 4.78 is 15.5. The standard InChI is InChI=1S/C12H16O5/c1-3-16-6-7-17-11-8-9(15-2)4-5-10(11)12(13)14/h4-5,8H,3,6-7H2,1-2H3,(H,13,14). The molecule has 1 N–H and O–H groups in total. The van der Waals surface area contributed by atoms with Gasteiger partial charge in [0.15, 0.2) is 0 Å². The van der Waals surface area contributed by atoms with E-state index in [0.29, 0.717) is 25.6 Å². The Morgan fingerprint density at radius 3 is 2.71 bits per heavy atom. The smallest absolute Gasteiger partial charge is 0.339 e. The van der Waals surface area contributed by atoms with Crippen molar-refractivity contribution < 1.29 is 24.1 Å². The molecule has 0 bridgehead atoms. The third kappa shape index (κ3) is 3.96. The van der Waals surface area contributed by atoms with Crippen LogP contribution in [0.2, 0.25) is 0 Å². The van der Waals surface area contributed by atoms with Crippen LogP contribution < -0.4 is 9.47 Å². The van der Waals surface area contributed by atoms with E-state index < -0.39 is 5.97 Å². The fraction of sp³-hybridized carbons (Fsp3) is 0.417. The monoisotopic (exact) mass is 240 g/mol. The summed E-state index contributed by atoms with van der Waals surface area (Å²) in [4.78, 5) is 11.0. The minimum Gasteiger partial charge on any atom is -0.497 e. The summed E-state index contributed by atoms with van der Waals surface area (Å²) in [7, 11) is 1.51. The van der Waals surface area contributed by atoms with Crippen molar-refractivity contribution >= 4 is 5.97 Å². The lowest BCUT2D eigenvalue weighted by Gasteiger charge is -2.10. The second kappa shape index (κ2) is 6.75. The summed E-state index contributed by atoms with van der Waals surface area (Å²) >= 11 is 0. The average molecular weight is 240 g/mol. The number of carboxylic acids is 1. The molecule has 0 radical (unpaired) electrons. The van der Waals surface area contributed by atoms with Gasteiger partial charge in [-0.05, 0) is 19.1 Å². The zero-order valence-corrected chi connectivity index (χ0v) is 9.93. The molecule has 17 heavy (non-hydrogen) atoms. The molecular weight excluding hydrogens is 224 g/mol. The van der Waals surface area contributed by atoms with E-state index in [1.807, 2.05) is 6.92 Å². The number of hydrogen-bond donors (Lipinski definition) is 1. The summed E-state index contributed by atoms with van der Waals surface area (Å²) in [5.41, 5.74) is 0.113. The van der Waals surface area contributed by atoms with E-state index in [4.69, 9.17) is 19.3 Å². The molecule has 94 valence electrons. The van der Waals surface area contributed by atoms with E-state index in [2.05, 4.69) is 0 Å². The second-order valence-corrected chi connectivity index (χ2v) is 3.21. The first-order chi connectivity index (χ1) is 8.19. The van der Waals surface area contributed by atoms with Crippen LogP contribution in [0.4, 0.5) is 0 Å². The van der Waals surface area contributed by atoms with Crippen LogP contribution in [0.3, 0.4) is 0 Å². The highest BCUT2D eigenvalue weighted by Crippen LogP contribution is 2.24. The van der Waals surface area contributed by atoms with E-state index in [1.165, 1.54) is 13.2 Å². The molecule has 5 heteroatoms. The van der Waals surface area contributed by atoms with Crippen molar-refractivity contribution in [1.82, 2.24) is 0 Å². The normalized spacial score (nSPS) is 10.0. The largest absolute Gasteiger partial charge is 0.497 e. The maximum absolute atomic E-state index is 11.0. The number of rotatable bonds is 7. The van der Waals surface area contributed by atoms with Crippen molar-refractivity contribution in [3.05, 3.63) is 23.8 Å². The Labute approximate surface area is 99.9 Å². The van der Waals surface area contributed by atoms with Crippen molar-refractivity contribution in [2.45, 2.75) is 6.92 Å². The van der Waals surface area contributed by atoms with Gasteiger partial charge in [0.05, 0.1) is 13.7 Å². The van der Waals surface area contributed by atoms with E-state index in [1.54, 1.807) is 12.1 Å². The third-order valence-corrected chi connectivity index (χ3v) is 2.11. The molecule has 0 heterocycles. The third-order valence-electron chi connectivity index (χ3n) is 2.11. The molecule has 0 aliphatic rings. The van der Waals surface area contributed by atoms with Gasteiger partial charge in [-0.25, -0.2) is 4.79 Å². The van der Waals surface area contributed by atoms with Crippen LogP contribution in [-0.4, -0.2) is 38.0 Å². The lowest BCUT2D eigenvalue weighted by molar-refractivity contribution is 0.0687. The zero-order valence-electron chi connectivity index (χ0n) is 9.93. The van der Waals surface area contributed by atoms with Crippen molar-refractivity contribution in [3.63, 3.8) is 0 Å². The van der Waals surface area contributed by atoms with E-state index in [9.17, 15) is 4.79 Å². The molecule has 5 nitrogen and oxygen atoms in total. The van der Waals surface area contributed by atoms with Crippen LogP contribution in [0, 0.1) is 0 Å². The van der Waals surface area contributed by atoms with Gasteiger partial charge in [0.2, 0.25) is 0 Å². The van der Waals surface area contributed by atoms with E-state index >= 15 is 0 Å². The fourth-order valence-corrected chi connectivity index (χ4v) is 1.28. The number of carboxylic acid groups (broad SMARTS) is 1. The number of ether oxygens (including phenoxy) is 3. The molecule has 1 rings (SSSR count). The Morgan fingerprint density at radius 1 is 1.35 bits per heavy atom. The highest BCUT2D eigenvalue weighted by molar-refractivity contribution is 5.91. The van der Waals surface area contributed by atoms with Gasteiger partial charge >= 0.3 is 5.97 Å². The van der Waals surface area contributed by atoms with Gasteiger partial charge < -0.3 is 19.3 Å². The maximum Gasteiger partial charge on any atom is 0.339 e. The van der Waals surface area contributed by atoms with E-state index in [0.717, 1.165) is 0 Å². The molecule has 0 aliphatic heterocycles. The molecule has 0 unspecified atom stereocenters. The molecular formula is C12H16O5. The van der Waals surface area contributed by atoms with Gasteiger partial charge in [0, 0.05) is 12.7 Å². The molecule has 0 aliphatic carbocycles.